The highest BCUT2D eigenvalue weighted by molar-refractivity contribution is 14.1. The summed E-state index contributed by atoms with van der Waals surface area (Å²) in [5, 5.41) is 11.6. The first-order valence-corrected chi connectivity index (χ1v) is 15.3. The fourth-order valence-electron chi connectivity index (χ4n) is 9.20. The number of benzene rings is 1. The molecule has 1 N–H and O–H groups in total. The Labute approximate surface area is 239 Å². The van der Waals surface area contributed by atoms with E-state index in [1.807, 2.05) is 24.3 Å². The smallest absolute Gasteiger partial charge is 0.310 e. The minimum absolute atomic E-state index is 0.0542. The first-order valence-electron chi connectivity index (χ1n) is 14.2. The van der Waals surface area contributed by atoms with Crippen LogP contribution in [-0.4, -0.2) is 40.6 Å². The molecule has 4 fully saturated rings. The Hall–Kier alpha value is -1.48. The van der Waals surface area contributed by atoms with Crippen LogP contribution >= 0.6 is 22.6 Å². The molecular formula is C31H41IO6. The van der Waals surface area contributed by atoms with Crippen molar-refractivity contribution >= 4 is 40.3 Å². The molecule has 0 unspecified atom stereocenters. The third-order valence-corrected chi connectivity index (χ3v) is 11.9. The summed E-state index contributed by atoms with van der Waals surface area (Å²) in [6.45, 7) is 7.47. The fourth-order valence-corrected chi connectivity index (χ4v) is 9.56. The van der Waals surface area contributed by atoms with Crippen molar-refractivity contribution in [2.75, 3.05) is 0 Å². The molecule has 4 aliphatic rings. The Morgan fingerprint density at radius 2 is 1.63 bits per heavy atom. The van der Waals surface area contributed by atoms with Crippen molar-refractivity contribution in [3.05, 3.63) is 33.4 Å². The Morgan fingerprint density at radius 1 is 0.947 bits per heavy atom. The zero-order valence-corrected chi connectivity index (χ0v) is 25.2. The van der Waals surface area contributed by atoms with E-state index in [-0.39, 0.29) is 59.5 Å². The van der Waals surface area contributed by atoms with Crippen molar-refractivity contribution in [1.29, 1.82) is 0 Å². The van der Waals surface area contributed by atoms with Gasteiger partial charge in [0.25, 0.3) is 0 Å². The number of hydrogen-bond acceptors (Lipinski definition) is 6. The van der Waals surface area contributed by atoms with E-state index in [1.54, 1.807) is 0 Å². The number of ether oxygens (including phenoxy) is 2. The molecule has 0 heterocycles. The fraction of sp³-hybridized carbons (Fsp3) is 0.710. The highest BCUT2D eigenvalue weighted by Crippen LogP contribution is 2.68. The number of ketones is 1. The molecular weight excluding hydrogens is 595 g/mol. The molecule has 7 heteroatoms. The highest BCUT2D eigenvalue weighted by Gasteiger charge is 2.68. The lowest BCUT2D eigenvalue weighted by molar-refractivity contribution is -0.207. The molecule has 0 saturated heterocycles. The molecule has 6 nitrogen and oxygen atoms in total. The van der Waals surface area contributed by atoms with Crippen molar-refractivity contribution < 1.29 is 29.0 Å². The van der Waals surface area contributed by atoms with E-state index in [0.717, 1.165) is 54.1 Å². The van der Waals surface area contributed by atoms with E-state index in [2.05, 4.69) is 36.4 Å². The summed E-state index contributed by atoms with van der Waals surface area (Å²) in [7, 11) is 0. The first-order chi connectivity index (χ1) is 17.9. The number of Topliss-reactive ketones (excluding diaryl/α,β-unsaturated/α-hetero) is 1. The van der Waals surface area contributed by atoms with Crippen LogP contribution in [-0.2, 0) is 30.3 Å². The predicted octanol–water partition coefficient (Wildman–Crippen LogP) is 5.65. The highest BCUT2D eigenvalue weighted by atomic mass is 127. The van der Waals surface area contributed by atoms with Gasteiger partial charge in [0.1, 0.15) is 17.8 Å². The third-order valence-electron chi connectivity index (χ3n) is 11.2. The van der Waals surface area contributed by atoms with Gasteiger partial charge in [-0.1, -0.05) is 26.0 Å². The lowest BCUT2D eigenvalue weighted by Gasteiger charge is -2.63. The van der Waals surface area contributed by atoms with Crippen molar-refractivity contribution in [1.82, 2.24) is 0 Å². The monoisotopic (exact) mass is 636 g/mol. The average Bonchev–Trinajstić information content (AvgIpc) is 3.13. The van der Waals surface area contributed by atoms with Crippen LogP contribution in [0.3, 0.4) is 0 Å². The minimum Gasteiger partial charge on any atom is -0.463 e. The molecule has 208 valence electrons. The van der Waals surface area contributed by atoms with Gasteiger partial charge in [0.2, 0.25) is 0 Å². The van der Waals surface area contributed by atoms with Crippen LogP contribution in [0, 0.1) is 38.1 Å². The van der Waals surface area contributed by atoms with E-state index < -0.39 is 11.0 Å². The summed E-state index contributed by atoms with van der Waals surface area (Å²) in [6, 6.07) is 7.93. The van der Waals surface area contributed by atoms with E-state index in [4.69, 9.17) is 9.47 Å². The summed E-state index contributed by atoms with van der Waals surface area (Å²) < 4.78 is 13.1. The van der Waals surface area contributed by atoms with E-state index >= 15 is 0 Å². The van der Waals surface area contributed by atoms with Crippen molar-refractivity contribution in [3.8, 4) is 0 Å². The number of carbonyl (C=O) groups is 3. The van der Waals surface area contributed by atoms with Gasteiger partial charge in [-0.2, -0.15) is 0 Å². The van der Waals surface area contributed by atoms with Crippen LogP contribution in [0.1, 0.15) is 84.6 Å². The maximum Gasteiger partial charge on any atom is 0.310 e. The van der Waals surface area contributed by atoms with Crippen LogP contribution in [0.4, 0.5) is 0 Å². The van der Waals surface area contributed by atoms with Gasteiger partial charge in [-0.05, 0) is 122 Å². The molecule has 38 heavy (non-hydrogen) atoms. The number of fused-ring (bicyclic) bond motifs is 5. The molecule has 0 aliphatic heterocycles. The Bertz CT molecular complexity index is 1100. The van der Waals surface area contributed by atoms with E-state index in [9.17, 15) is 19.5 Å². The Morgan fingerprint density at radius 3 is 2.29 bits per heavy atom. The Kier molecular flexibility index (Phi) is 7.51. The number of esters is 2. The molecule has 0 bridgehead atoms. The standard InChI is InChI=1S/C31H41IO6/c1-18(33)31(36)14-11-25-28-24(10-13-30(25,31)4)29(3)12-9-23(37-19(2)34)16-21(29)17-26(28)38-27(35)15-20-5-7-22(32)8-6-20/h5-8,21,23-26,28,36H,9-17H2,1-4H3/t21-,23+,24+,25+,26-,28-,29+,30+,31+/m1/s1. The summed E-state index contributed by atoms with van der Waals surface area (Å²) >= 11 is 2.25. The van der Waals surface area contributed by atoms with Crippen LogP contribution in [0.2, 0.25) is 0 Å². The second-order valence-corrected chi connectivity index (χ2v) is 14.2. The van der Waals surface area contributed by atoms with Gasteiger partial charge in [-0.3, -0.25) is 14.4 Å². The zero-order valence-electron chi connectivity index (χ0n) is 23.0. The molecule has 0 aromatic heterocycles. The van der Waals surface area contributed by atoms with Gasteiger partial charge in [0, 0.05) is 21.8 Å². The van der Waals surface area contributed by atoms with E-state index in [1.165, 1.54) is 13.8 Å². The summed E-state index contributed by atoms with van der Waals surface area (Å²) in [5.74, 6) is 0.242. The average molecular weight is 637 g/mol. The maximum atomic E-state index is 13.3. The van der Waals surface area contributed by atoms with Gasteiger partial charge in [-0.15, -0.1) is 0 Å². The number of rotatable bonds is 5. The van der Waals surface area contributed by atoms with Crippen LogP contribution in [0.25, 0.3) is 0 Å². The zero-order chi connectivity index (χ0) is 27.5. The van der Waals surface area contributed by atoms with Crippen LogP contribution in [0.15, 0.2) is 24.3 Å². The lowest BCUT2D eigenvalue weighted by Crippen LogP contribution is -2.62. The van der Waals surface area contributed by atoms with Crippen molar-refractivity contribution in [2.45, 2.75) is 103 Å². The van der Waals surface area contributed by atoms with Gasteiger partial charge >= 0.3 is 11.9 Å². The van der Waals surface area contributed by atoms with Crippen LogP contribution < -0.4 is 0 Å². The number of aliphatic hydroxyl groups is 1. The molecule has 0 radical (unpaired) electrons. The minimum atomic E-state index is -1.32. The Balaban J connectivity index is 1.45. The molecule has 1 aromatic carbocycles. The second kappa shape index (κ2) is 10.2. The summed E-state index contributed by atoms with van der Waals surface area (Å²) in [4.78, 5) is 37.7. The molecule has 0 amide bonds. The van der Waals surface area contributed by atoms with Crippen molar-refractivity contribution in [2.24, 2.45) is 34.5 Å². The van der Waals surface area contributed by atoms with Crippen LogP contribution in [0.5, 0.6) is 0 Å². The first kappa shape index (κ1) is 28.1. The van der Waals surface area contributed by atoms with Gasteiger partial charge in [-0.25, -0.2) is 0 Å². The third kappa shape index (κ3) is 4.63. The topological polar surface area (TPSA) is 89.9 Å². The van der Waals surface area contributed by atoms with Crippen molar-refractivity contribution in [3.63, 3.8) is 0 Å². The molecule has 0 spiro atoms. The molecule has 5 rings (SSSR count). The normalized spacial score (nSPS) is 41.8. The predicted molar refractivity (Wildman–Crippen MR) is 151 cm³/mol. The molecule has 1 aromatic rings. The van der Waals surface area contributed by atoms with Gasteiger partial charge < -0.3 is 14.6 Å². The lowest BCUT2D eigenvalue weighted by atomic mass is 9.43. The number of carbonyl (C=O) groups excluding carboxylic acids is 3. The van der Waals surface area contributed by atoms with Gasteiger partial charge in [0.05, 0.1) is 6.42 Å². The van der Waals surface area contributed by atoms with Gasteiger partial charge in [0.15, 0.2) is 5.78 Å². The maximum absolute atomic E-state index is 13.3. The SMILES string of the molecule is CC(=O)O[C@H]1CC[C@@]2(C)[C@H](C1)C[C@@H](OC(=O)Cc1ccc(I)cc1)[C@@H]1[C@@H]2CC[C@@]2(C)[C@H]1CC[C@]2(O)C(C)=O. The summed E-state index contributed by atoms with van der Waals surface area (Å²) in [6.07, 6.45) is 6.17. The summed E-state index contributed by atoms with van der Waals surface area (Å²) in [5.41, 5.74) is -0.846. The van der Waals surface area contributed by atoms with E-state index in [0.29, 0.717) is 12.3 Å². The molecule has 4 saturated carbocycles. The number of hydrogen-bond donors (Lipinski definition) is 1. The molecule has 9 atom stereocenters. The second-order valence-electron chi connectivity index (χ2n) is 13.0. The largest absolute Gasteiger partial charge is 0.463 e. The molecule has 4 aliphatic carbocycles. The quantitative estimate of drug-likeness (QED) is 0.332. The number of halogens is 1.